The van der Waals surface area contributed by atoms with Crippen LogP contribution in [0.4, 0.5) is 5.95 Å². The highest BCUT2D eigenvalue weighted by Crippen LogP contribution is 2.17. The van der Waals surface area contributed by atoms with Crippen LogP contribution < -0.4 is 5.32 Å². The fourth-order valence-electron chi connectivity index (χ4n) is 2.44. The van der Waals surface area contributed by atoms with Crippen LogP contribution in [0.3, 0.4) is 0 Å². The van der Waals surface area contributed by atoms with Crippen LogP contribution in [0.15, 0.2) is 36.7 Å². The number of carbonyl (C=O) groups is 1. The lowest BCUT2D eigenvalue weighted by Crippen LogP contribution is -2.20. The van der Waals surface area contributed by atoms with E-state index in [9.17, 15) is 4.79 Å². The first-order chi connectivity index (χ1) is 12.0. The first-order valence-corrected chi connectivity index (χ1v) is 7.81. The molecule has 0 aliphatic rings. The van der Waals surface area contributed by atoms with Gasteiger partial charge in [-0.2, -0.15) is 5.10 Å². The molecule has 25 heavy (non-hydrogen) atoms. The van der Waals surface area contributed by atoms with Gasteiger partial charge in [-0.3, -0.25) is 10.1 Å². The molecule has 1 atom stereocenters. The molecule has 3 aromatic heterocycles. The SMILES string of the molecule is Cc1cc(CC(C)Nc2nccc(-c3cc(C(=O)O)ccn3)n2)n[nH]1. The lowest BCUT2D eigenvalue weighted by Gasteiger charge is -2.13. The molecule has 0 spiro atoms. The Labute approximate surface area is 144 Å². The van der Waals surface area contributed by atoms with Crippen molar-refractivity contribution in [1.82, 2.24) is 25.1 Å². The fourth-order valence-corrected chi connectivity index (χ4v) is 2.44. The third-order valence-corrected chi connectivity index (χ3v) is 3.57. The summed E-state index contributed by atoms with van der Waals surface area (Å²) < 4.78 is 0. The molecule has 0 amide bonds. The Kier molecular flexibility index (Phi) is 4.69. The van der Waals surface area contributed by atoms with E-state index in [2.05, 4.69) is 30.5 Å². The lowest BCUT2D eigenvalue weighted by atomic mass is 10.2. The first kappa shape index (κ1) is 16.6. The summed E-state index contributed by atoms with van der Waals surface area (Å²) in [6.45, 7) is 3.97. The van der Waals surface area contributed by atoms with Crippen LogP contribution in [0.25, 0.3) is 11.4 Å². The number of rotatable bonds is 6. The number of hydrogen-bond acceptors (Lipinski definition) is 6. The zero-order chi connectivity index (χ0) is 17.8. The van der Waals surface area contributed by atoms with Crippen molar-refractivity contribution >= 4 is 11.9 Å². The summed E-state index contributed by atoms with van der Waals surface area (Å²) in [4.78, 5) is 23.9. The van der Waals surface area contributed by atoms with Crippen molar-refractivity contribution in [3.8, 4) is 11.4 Å². The summed E-state index contributed by atoms with van der Waals surface area (Å²) in [6.07, 6.45) is 3.80. The topological polar surface area (TPSA) is 117 Å². The summed E-state index contributed by atoms with van der Waals surface area (Å²) in [5.74, 6) is -0.543. The van der Waals surface area contributed by atoms with E-state index in [1.165, 1.54) is 18.3 Å². The maximum Gasteiger partial charge on any atom is 0.335 e. The summed E-state index contributed by atoms with van der Waals surface area (Å²) >= 11 is 0. The van der Waals surface area contributed by atoms with E-state index >= 15 is 0 Å². The molecule has 0 aliphatic heterocycles. The standard InChI is InChI=1S/C17H18N6O2/c1-10(7-13-8-11(2)22-23-13)20-17-19-6-4-14(21-17)15-9-12(16(24)25)3-5-18-15/h3-6,8-10H,7H2,1-2H3,(H,22,23)(H,24,25)(H,19,20,21). The van der Waals surface area contributed by atoms with Crippen LogP contribution in [0.2, 0.25) is 0 Å². The van der Waals surface area contributed by atoms with Gasteiger partial charge in [0, 0.05) is 30.6 Å². The average Bonchev–Trinajstić information content (AvgIpc) is 3.00. The van der Waals surface area contributed by atoms with Gasteiger partial charge in [-0.15, -0.1) is 0 Å². The third-order valence-electron chi connectivity index (χ3n) is 3.57. The summed E-state index contributed by atoms with van der Waals surface area (Å²) in [6, 6.07) is 6.71. The van der Waals surface area contributed by atoms with E-state index in [1.54, 1.807) is 12.3 Å². The number of nitrogens with zero attached hydrogens (tertiary/aromatic N) is 4. The molecule has 3 rings (SSSR count). The monoisotopic (exact) mass is 338 g/mol. The molecule has 8 nitrogen and oxygen atoms in total. The second-order valence-corrected chi connectivity index (χ2v) is 5.79. The predicted octanol–water partition coefficient (Wildman–Crippen LogP) is 2.31. The van der Waals surface area contributed by atoms with E-state index in [0.717, 1.165) is 17.8 Å². The minimum atomic E-state index is -1.00. The zero-order valence-corrected chi connectivity index (χ0v) is 13.9. The summed E-state index contributed by atoms with van der Waals surface area (Å²) in [5.41, 5.74) is 3.19. The Hall–Kier alpha value is -3.29. The number of anilines is 1. The Bertz CT molecular complexity index is 892. The molecular formula is C17H18N6O2. The van der Waals surface area contributed by atoms with Gasteiger partial charge >= 0.3 is 5.97 Å². The summed E-state index contributed by atoms with van der Waals surface area (Å²) in [5, 5.41) is 19.5. The van der Waals surface area contributed by atoms with E-state index < -0.39 is 5.97 Å². The lowest BCUT2D eigenvalue weighted by molar-refractivity contribution is 0.0697. The van der Waals surface area contributed by atoms with Gasteiger partial charge in [-0.1, -0.05) is 0 Å². The van der Waals surface area contributed by atoms with Crippen molar-refractivity contribution in [3.05, 3.63) is 53.6 Å². The molecule has 3 N–H and O–H groups in total. The van der Waals surface area contributed by atoms with E-state index in [1.807, 2.05) is 19.9 Å². The fraction of sp³-hybridized carbons (Fsp3) is 0.235. The quantitative estimate of drug-likeness (QED) is 0.631. The normalized spacial score (nSPS) is 11.9. The van der Waals surface area contributed by atoms with Crippen LogP contribution in [0, 0.1) is 6.92 Å². The molecular weight excluding hydrogens is 320 g/mol. The maximum atomic E-state index is 11.1. The Morgan fingerprint density at radius 1 is 1.24 bits per heavy atom. The number of H-pyrrole nitrogens is 1. The molecule has 0 radical (unpaired) electrons. The average molecular weight is 338 g/mol. The minimum absolute atomic E-state index is 0.0799. The van der Waals surface area contributed by atoms with Crippen molar-refractivity contribution in [1.29, 1.82) is 0 Å². The largest absolute Gasteiger partial charge is 0.478 e. The Balaban J connectivity index is 1.75. The predicted molar refractivity (Wildman–Crippen MR) is 92.3 cm³/mol. The minimum Gasteiger partial charge on any atom is -0.478 e. The number of carboxylic acid groups (broad SMARTS) is 1. The molecule has 0 aliphatic carbocycles. The highest BCUT2D eigenvalue weighted by atomic mass is 16.4. The van der Waals surface area contributed by atoms with Gasteiger partial charge in [0.05, 0.1) is 22.6 Å². The van der Waals surface area contributed by atoms with Crippen LogP contribution in [0.1, 0.15) is 28.7 Å². The second kappa shape index (κ2) is 7.08. The van der Waals surface area contributed by atoms with E-state index in [-0.39, 0.29) is 11.6 Å². The second-order valence-electron chi connectivity index (χ2n) is 5.79. The third kappa shape index (κ3) is 4.17. The van der Waals surface area contributed by atoms with Gasteiger partial charge in [0.1, 0.15) is 0 Å². The van der Waals surface area contributed by atoms with Gasteiger partial charge in [0.25, 0.3) is 0 Å². The van der Waals surface area contributed by atoms with Crippen LogP contribution >= 0.6 is 0 Å². The molecule has 1 unspecified atom stereocenters. The molecule has 0 bridgehead atoms. The number of nitrogens with one attached hydrogen (secondary N) is 2. The van der Waals surface area contributed by atoms with Crippen molar-refractivity contribution in [2.45, 2.75) is 26.3 Å². The number of aromatic nitrogens is 5. The van der Waals surface area contributed by atoms with Crippen molar-refractivity contribution in [2.75, 3.05) is 5.32 Å². The zero-order valence-electron chi connectivity index (χ0n) is 13.9. The van der Waals surface area contributed by atoms with Crippen molar-refractivity contribution < 1.29 is 9.90 Å². The van der Waals surface area contributed by atoms with Crippen molar-refractivity contribution in [3.63, 3.8) is 0 Å². The first-order valence-electron chi connectivity index (χ1n) is 7.81. The van der Waals surface area contributed by atoms with Gasteiger partial charge in [-0.25, -0.2) is 14.8 Å². The number of aryl methyl sites for hydroxylation is 1. The van der Waals surface area contributed by atoms with E-state index in [4.69, 9.17) is 5.11 Å². The molecule has 8 heteroatoms. The van der Waals surface area contributed by atoms with Gasteiger partial charge in [-0.05, 0) is 38.1 Å². The molecule has 128 valence electrons. The molecule has 0 saturated carbocycles. The number of aromatic amines is 1. The molecule has 0 saturated heterocycles. The van der Waals surface area contributed by atoms with E-state index in [0.29, 0.717) is 17.3 Å². The van der Waals surface area contributed by atoms with Crippen LogP contribution in [-0.4, -0.2) is 42.3 Å². The van der Waals surface area contributed by atoms with Crippen LogP contribution in [0.5, 0.6) is 0 Å². The number of pyridine rings is 1. The molecule has 0 aromatic carbocycles. The highest BCUT2D eigenvalue weighted by molar-refractivity contribution is 5.88. The number of aromatic carboxylic acids is 1. The summed E-state index contributed by atoms with van der Waals surface area (Å²) in [7, 11) is 0. The maximum absolute atomic E-state index is 11.1. The molecule has 0 fully saturated rings. The van der Waals surface area contributed by atoms with Gasteiger partial charge in [0.2, 0.25) is 5.95 Å². The molecule has 3 heterocycles. The smallest absolute Gasteiger partial charge is 0.335 e. The number of carboxylic acids is 1. The highest BCUT2D eigenvalue weighted by Gasteiger charge is 2.11. The number of hydrogen-bond donors (Lipinski definition) is 3. The van der Waals surface area contributed by atoms with Crippen molar-refractivity contribution in [2.24, 2.45) is 0 Å². The molecule has 3 aromatic rings. The van der Waals surface area contributed by atoms with Gasteiger partial charge in [0.15, 0.2) is 0 Å². The Morgan fingerprint density at radius 2 is 2.04 bits per heavy atom. The van der Waals surface area contributed by atoms with Crippen LogP contribution in [-0.2, 0) is 6.42 Å². The Morgan fingerprint density at radius 3 is 2.76 bits per heavy atom. The van der Waals surface area contributed by atoms with Gasteiger partial charge < -0.3 is 10.4 Å².